The van der Waals surface area contributed by atoms with Crippen LogP contribution in [0.15, 0.2) is 46.9 Å². The lowest BCUT2D eigenvalue weighted by Gasteiger charge is -2.01. The van der Waals surface area contributed by atoms with Gasteiger partial charge in [0, 0.05) is 23.4 Å². The van der Waals surface area contributed by atoms with E-state index in [-0.39, 0.29) is 5.56 Å². The molecule has 1 aliphatic heterocycles. The average Bonchev–Trinajstić information content (AvgIpc) is 3.23. The Bertz CT molecular complexity index is 902. The van der Waals surface area contributed by atoms with Crippen molar-refractivity contribution < 1.29 is 14.3 Å². The largest absolute Gasteiger partial charge is 0.478 e. The van der Waals surface area contributed by atoms with Crippen LogP contribution in [0.25, 0.3) is 22.9 Å². The van der Waals surface area contributed by atoms with E-state index in [1.807, 2.05) is 12.1 Å². The van der Waals surface area contributed by atoms with Gasteiger partial charge in [-0.15, -0.1) is 10.2 Å². The monoisotopic (exact) mass is 307 g/mol. The Balaban J connectivity index is 1.69. The maximum atomic E-state index is 11.0. The van der Waals surface area contributed by atoms with E-state index < -0.39 is 5.97 Å². The smallest absolute Gasteiger partial charge is 0.335 e. The summed E-state index contributed by atoms with van der Waals surface area (Å²) in [4.78, 5) is 11.0. The van der Waals surface area contributed by atoms with Gasteiger partial charge in [-0.1, -0.05) is 12.1 Å². The number of anilines is 1. The molecule has 3 aromatic rings. The van der Waals surface area contributed by atoms with E-state index in [1.54, 1.807) is 12.1 Å². The lowest BCUT2D eigenvalue weighted by Crippen LogP contribution is -1.95. The highest BCUT2D eigenvalue weighted by Crippen LogP contribution is 2.30. The Morgan fingerprint density at radius 1 is 1.09 bits per heavy atom. The highest BCUT2D eigenvalue weighted by Gasteiger charge is 2.15. The molecular weight excluding hydrogens is 294 g/mol. The van der Waals surface area contributed by atoms with Crippen LogP contribution < -0.4 is 5.32 Å². The topological polar surface area (TPSA) is 88.2 Å². The summed E-state index contributed by atoms with van der Waals surface area (Å²) in [5.41, 5.74) is 3.98. The molecule has 1 aliphatic rings. The van der Waals surface area contributed by atoms with Crippen LogP contribution in [0.2, 0.25) is 0 Å². The first-order valence-corrected chi connectivity index (χ1v) is 7.25. The van der Waals surface area contributed by atoms with Crippen LogP contribution in [0.1, 0.15) is 15.9 Å². The first kappa shape index (κ1) is 13.5. The summed E-state index contributed by atoms with van der Waals surface area (Å²) < 4.78 is 5.71. The second-order valence-electron chi connectivity index (χ2n) is 5.35. The van der Waals surface area contributed by atoms with Gasteiger partial charge in [0.05, 0.1) is 5.56 Å². The van der Waals surface area contributed by atoms with E-state index in [4.69, 9.17) is 9.52 Å². The second kappa shape index (κ2) is 5.24. The summed E-state index contributed by atoms with van der Waals surface area (Å²) in [6, 6.07) is 12.4. The average molecular weight is 307 g/mol. The predicted molar refractivity (Wildman–Crippen MR) is 84.3 cm³/mol. The van der Waals surface area contributed by atoms with Crippen molar-refractivity contribution in [1.29, 1.82) is 0 Å². The zero-order valence-corrected chi connectivity index (χ0v) is 12.1. The van der Waals surface area contributed by atoms with Crippen molar-refractivity contribution in [2.24, 2.45) is 0 Å². The number of hydrogen-bond acceptors (Lipinski definition) is 5. The van der Waals surface area contributed by atoms with E-state index in [0.717, 1.165) is 24.2 Å². The van der Waals surface area contributed by atoms with Crippen LogP contribution in [0, 0.1) is 0 Å². The van der Waals surface area contributed by atoms with Crippen molar-refractivity contribution in [3.8, 4) is 22.9 Å². The third-order valence-corrected chi connectivity index (χ3v) is 3.85. The molecule has 0 atom stereocenters. The van der Waals surface area contributed by atoms with Gasteiger partial charge >= 0.3 is 5.97 Å². The van der Waals surface area contributed by atoms with Crippen LogP contribution >= 0.6 is 0 Å². The molecule has 0 bridgehead atoms. The zero-order valence-electron chi connectivity index (χ0n) is 12.1. The molecule has 0 unspecified atom stereocenters. The predicted octanol–water partition coefficient (Wildman–Crippen LogP) is 3.07. The van der Waals surface area contributed by atoms with Gasteiger partial charge in [-0.3, -0.25) is 0 Å². The lowest BCUT2D eigenvalue weighted by molar-refractivity contribution is 0.0697. The van der Waals surface area contributed by atoms with E-state index in [9.17, 15) is 4.79 Å². The van der Waals surface area contributed by atoms with Gasteiger partial charge in [0.15, 0.2) is 0 Å². The molecule has 0 amide bonds. The molecule has 0 aliphatic carbocycles. The molecule has 2 heterocycles. The minimum atomic E-state index is -0.990. The van der Waals surface area contributed by atoms with E-state index in [0.29, 0.717) is 17.3 Å². The van der Waals surface area contributed by atoms with Crippen molar-refractivity contribution >= 4 is 11.7 Å². The zero-order chi connectivity index (χ0) is 15.8. The van der Waals surface area contributed by atoms with Gasteiger partial charge in [0.25, 0.3) is 0 Å². The number of nitrogens with one attached hydrogen (secondary N) is 1. The third kappa shape index (κ3) is 2.44. The number of hydrogen-bond donors (Lipinski definition) is 2. The van der Waals surface area contributed by atoms with Gasteiger partial charge < -0.3 is 14.8 Å². The molecule has 0 saturated heterocycles. The minimum absolute atomic E-state index is 0.184. The van der Waals surface area contributed by atoms with E-state index in [1.165, 1.54) is 17.7 Å². The van der Waals surface area contributed by atoms with Crippen LogP contribution in [0.3, 0.4) is 0 Å². The normalized spacial score (nSPS) is 12.7. The van der Waals surface area contributed by atoms with Crippen molar-refractivity contribution in [2.75, 3.05) is 11.9 Å². The molecule has 0 spiro atoms. The molecular formula is C17H13N3O3. The van der Waals surface area contributed by atoms with Crippen molar-refractivity contribution in [3.63, 3.8) is 0 Å². The third-order valence-electron chi connectivity index (χ3n) is 3.85. The minimum Gasteiger partial charge on any atom is -0.478 e. The number of aromatic carboxylic acids is 1. The Kier molecular flexibility index (Phi) is 3.08. The molecule has 2 aromatic carbocycles. The van der Waals surface area contributed by atoms with Crippen LogP contribution in [0.5, 0.6) is 0 Å². The maximum Gasteiger partial charge on any atom is 0.335 e. The second-order valence-corrected chi connectivity index (χ2v) is 5.35. The molecule has 0 radical (unpaired) electrons. The van der Waals surface area contributed by atoms with E-state index >= 15 is 0 Å². The number of fused-ring (bicyclic) bond motifs is 1. The van der Waals surface area contributed by atoms with Gasteiger partial charge in [-0.05, 0) is 42.3 Å². The van der Waals surface area contributed by atoms with Gasteiger partial charge in [0.1, 0.15) is 0 Å². The number of carboxylic acids is 1. The van der Waals surface area contributed by atoms with Crippen molar-refractivity contribution in [2.45, 2.75) is 6.42 Å². The molecule has 0 saturated carbocycles. The standard InChI is InChI=1S/C17H13N3O3/c21-17(22)13-3-1-2-11(8-13)15-19-20-16(23-15)12-5-4-10-6-7-18-14(10)9-12/h1-5,8-9,18H,6-7H2,(H,21,22). The number of benzene rings is 2. The van der Waals surface area contributed by atoms with Crippen LogP contribution in [-0.4, -0.2) is 27.8 Å². The Morgan fingerprint density at radius 2 is 1.87 bits per heavy atom. The fraction of sp³-hybridized carbons (Fsp3) is 0.118. The molecule has 4 rings (SSSR count). The molecule has 6 heteroatoms. The fourth-order valence-electron chi connectivity index (χ4n) is 2.67. The summed E-state index contributed by atoms with van der Waals surface area (Å²) in [6.07, 6.45) is 1.02. The Morgan fingerprint density at radius 3 is 2.65 bits per heavy atom. The first-order valence-electron chi connectivity index (χ1n) is 7.25. The fourth-order valence-corrected chi connectivity index (χ4v) is 2.67. The van der Waals surface area contributed by atoms with Crippen LogP contribution in [-0.2, 0) is 6.42 Å². The molecule has 0 fully saturated rings. The van der Waals surface area contributed by atoms with Crippen molar-refractivity contribution in [3.05, 3.63) is 53.6 Å². The quantitative estimate of drug-likeness (QED) is 0.773. The Labute approximate surface area is 131 Å². The molecule has 2 N–H and O–H groups in total. The number of rotatable bonds is 3. The van der Waals surface area contributed by atoms with Gasteiger partial charge in [0.2, 0.25) is 11.8 Å². The number of carbonyl (C=O) groups is 1. The van der Waals surface area contributed by atoms with Gasteiger partial charge in [-0.2, -0.15) is 0 Å². The Hall–Kier alpha value is -3.15. The number of nitrogens with zero attached hydrogens (tertiary/aromatic N) is 2. The van der Waals surface area contributed by atoms with E-state index in [2.05, 4.69) is 21.6 Å². The number of aromatic nitrogens is 2. The summed E-state index contributed by atoms with van der Waals surface area (Å²) >= 11 is 0. The van der Waals surface area contributed by atoms with Gasteiger partial charge in [-0.25, -0.2) is 4.79 Å². The summed E-state index contributed by atoms with van der Waals surface area (Å²) in [7, 11) is 0. The molecule has 6 nitrogen and oxygen atoms in total. The summed E-state index contributed by atoms with van der Waals surface area (Å²) in [6.45, 7) is 0.940. The lowest BCUT2D eigenvalue weighted by atomic mass is 10.1. The maximum absolute atomic E-state index is 11.0. The summed E-state index contributed by atoms with van der Waals surface area (Å²) in [5, 5.41) is 20.5. The van der Waals surface area contributed by atoms with Crippen LogP contribution in [0.4, 0.5) is 5.69 Å². The first-order chi connectivity index (χ1) is 11.2. The molecule has 114 valence electrons. The molecule has 23 heavy (non-hydrogen) atoms. The highest BCUT2D eigenvalue weighted by atomic mass is 16.4. The summed E-state index contributed by atoms with van der Waals surface area (Å²) in [5.74, 6) is -0.273. The van der Waals surface area contributed by atoms with Crippen molar-refractivity contribution in [1.82, 2.24) is 10.2 Å². The SMILES string of the molecule is O=C(O)c1cccc(-c2nnc(-c3ccc4c(c3)NCC4)o2)c1. The highest BCUT2D eigenvalue weighted by molar-refractivity contribution is 5.89. The molecule has 1 aromatic heterocycles. The number of carboxylic acid groups (broad SMARTS) is 1.